The number of carbonyl (C=O) groups excluding carboxylic acids is 2. The van der Waals surface area contributed by atoms with Crippen molar-refractivity contribution in [2.24, 2.45) is 0 Å². The minimum Gasteiger partial charge on any atom is -0.497 e. The van der Waals surface area contributed by atoms with E-state index in [1.165, 1.54) is 11.0 Å². The molecule has 1 fully saturated rings. The molecule has 0 aliphatic carbocycles. The Labute approximate surface area is 167 Å². The van der Waals surface area contributed by atoms with Crippen molar-refractivity contribution in [2.75, 3.05) is 26.7 Å². The zero-order valence-corrected chi connectivity index (χ0v) is 16.0. The Bertz CT molecular complexity index is 1140. The monoisotopic (exact) mass is 392 g/mol. The van der Waals surface area contributed by atoms with Crippen molar-refractivity contribution in [3.8, 4) is 5.75 Å². The van der Waals surface area contributed by atoms with Gasteiger partial charge in [-0.25, -0.2) is 4.79 Å². The van der Waals surface area contributed by atoms with Gasteiger partial charge >= 0.3 is 5.63 Å². The van der Waals surface area contributed by atoms with Crippen molar-refractivity contribution < 1.29 is 18.7 Å². The summed E-state index contributed by atoms with van der Waals surface area (Å²) in [7, 11) is 1.60. The van der Waals surface area contributed by atoms with Gasteiger partial charge in [0.25, 0.3) is 5.91 Å². The largest absolute Gasteiger partial charge is 0.497 e. The molecule has 0 atom stereocenters. The van der Waals surface area contributed by atoms with Crippen LogP contribution >= 0.6 is 0 Å². The second kappa shape index (κ2) is 7.79. The summed E-state index contributed by atoms with van der Waals surface area (Å²) >= 11 is 0. The summed E-state index contributed by atoms with van der Waals surface area (Å²) in [6.07, 6.45) is 0. The molecule has 0 radical (unpaired) electrons. The Morgan fingerprint density at radius 2 is 1.90 bits per heavy atom. The predicted octanol–water partition coefficient (Wildman–Crippen LogP) is 2.29. The number of benzene rings is 2. The van der Waals surface area contributed by atoms with E-state index in [0.29, 0.717) is 30.6 Å². The van der Waals surface area contributed by atoms with Gasteiger partial charge in [0.15, 0.2) is 0 Å². The molecular formula is C22H20N2O5. The van der Waals surface area contributed by atoms with Crippen LogP contribution in [-0.2, 0) is 11.3 Å². The molecule has 7 heteroatoms. The summed E-state index contributed by atoms with van der Waals surface area (Å²) in [5.41, 5.74) is 0.624. The molecule has 0 spiro atoms. The molecule has 1 aromatic heterocycles. The summed E-state index contributed by atoms with van der Waals surface area (Å²) in [5, 5.41) is 0.665. The summed E-state index contributed by atoms with van der Waals surface area (Å²) in [4.78, 5) is 40.8. The summed E-state index contributed by atoms with van der Waals surface area (Å²) in [6.45, 7) is 1.10. The lowest BCUT2D eigenvalue weighted by Gasteiger charge is -2.34. The van der Waals surface area contributed by atoms with E-state index in [4.69, 9.17) is 9.15 Å². The van der Waals surface area contributed by atoms with Gasteiger partial charge in [-0.05, 0) is 29.8 Å². The van der Waals surface area contributed by atoms with Crippen molar-refractivity contribution in [2.45, 2.75) is 6.54 Å². The number of piperazine rings is 1. The molecule has 0 saturated carbocycles. The van der Waals surface area contributed by atoms with Gasteiger partial charge in [0, 0.05) is 25.0 Å². The van der Waals surface area contributed by atoms with E-state index >= 15 is 0 Å². The average Bonchev–Trinajstić information content (AvgIpc) is 2.74. The fraction of sp³-hybridized carbons (Fsp3) is 0.227. The van der Waals surface area contributed by atoms with Gasteiger partial charge in [0.05, 0.1) is 7.11 Å². The van der Waals surface area contributed by atoms with Gasteiger partial charge in [-0.3, -0.25) is 9.59 Å². The number of amides is 2. The maximum absolute atomic E-state index is 12.8. The summed E-state index contributed by atoms with van der Waals surface area (Å²) in [5.74, 6) is 0.0725. The highest BCUT2D eigenvalue weighted by atomic mass is 16.5. The zero-order valence-electron chi connectivity index (χ0n) is 16.0. The fourth-order valence-corrected chi connectivity index (χ4v) is 3.42. The first-order valence-corrected chi connectivity index (χ1v) is 9.28. The first kappa shape index (κ1) is 18.7. The quantitative estimate of drug-likeness (QED) is 0.637. The van der Waals surface area contributed by atoms with Crippen molar-refractivity contribution in [1.29, 1.82) is 0 Å². The molecule has 0 unspecified atom stereocenters. The van der Waals surface area contributed by atoms with Gasteiger partial charge in [0.1, 0.15) is 23.4 Å². The van der Waals surface area contributed by atoms with Crippen LogP contribution in [0.25, 0.3) is 11.0 Å². The molecule has 1 aliphatic rings. The van der Waals surface area contributed by atoms with Crippen LogP contribution < -0.4 is 10.4 Å². The molecule has 4 rings (SSSR count). The van der Waals surface area contributed by atoms with E-state index in [9.17, 15) is 14.4 Å². The lowest BCUT2D eigenvalue weighted by Crippen LogP contribution is -2.52. The number of carbonyl (C=O) groups is 2. The number of hydrogen-bond donors (Lipinski definition) is 0. The van der Waals surface area contributed by atoms with Crippen LogP contribution in [0.4, 0.5) is 0 Å². The summed E-state index contributed by atoms with van der Waals surface area (Å²) < 4.78 is 10.5. The molecule has 148 valence electrons. The topological polar surface area (TPSA) is 80.1 Å². The van der Waals surface area contributed by atoms with E-state index in [2.05, 4.69) is 0 Å². The number of rotatable bonds is 4. The van der Waals surface area contributed by atoms with Crippen LogP contribution in [0.2, 0.25) is 0 Å². The number of ether oxygens (including phenoxy) is 1. The van der Waals surface area contributed by atoms with Crippen LogP contribution in [0.5, 0.6) is 5.75 Å². The Balaban J connectivity index is 1.48. The van der Waals surface area contributed by atoms with E-state index in [0.717, 1.165) is 11.3 Å². The third kappa shape index (κ3) is 3.85. The molecule has 2 amide bonds. The second-order valence-corrected chi connectivity index (χ2v) is 6.88. The minimum absolute atomic E-state index is 0.0576. The summed E-state index contributed by atoms with van der Waals surface area (Å²) in [6, 6.07) is 16.0. The standard InChI is InChI=1S/C22H20N2O5/c1-28-17-7-4-5-15(11-17)13-23-9-10-24(14-20(23)25)21(26)18-12-16-6-2-3-8-19(16)29-22(18)27/h2-8,11-12H,9-10,13-14H2,1H3. The number of methoxy groups -OCH3 is 1. The lowest BCUT2D eigenvalue weighted by atomic mass is 10.1. The van der Waals surface area contributed by atoms with Crippen LogP contribution in [0, 0.1) is 0 Å². The smallest absolute Gasteiger partial charge is 0.349 e. The molecule has 2 heterocycles. The van der Waals surface area contributed by atoms with Crippen molar-refractivity contribution in [1.82, 2.24) is 9.80 Å². The lowest BCUT2D eigenvalue weighted by molar-refractivity contribution is -0.135. The predicted molar refractivity (Wildman–Crippen MR) is 107 cm³/mol. The van der Waals surface area contributed by atoms with Crippen LogP contribution in [0.1, 0.15) is 15.9 Å². The van der Waals surface area contributed by atoms with E-state index in [1.807, 2.05) is 24.3 Å². The Morgan fingerprint density at radius 1 is 1.07 bits per heavy atom. The van der Waals surface area contributed by atoms with Gasteiger partial charge in [-0.15, -0.1) is 0 Å². The van der Waals surface area contributed by atoms with Crippen molar-refractivity contribution in [3.05, 3.63) is 76.1 Å². The molecule has 7 nitrogen and oxygen atoms in total. The number of hydrogen-bond acceptors (Lipinski definition) is 5. The highest BCUT2D eigenvalue weighted by molar-refractivity contribution is 5.98. The van der Waals surface area contributed by atoms with Gasteiger partial charge in [0.2, 0.25) is 5.91 Å². The van der Waals surface area contributed by atoms with Gasteiger partial charge < -0.3 is 19.0 Å². The van der Waals surface area contributed by atoms with Crippen molar-refractivity contribution >= 4 is 22.8 Å². The van der Waals surface area contributed by atoms with E-state index in [-0.39, 0.29) is 18.0 Å². The molecule has 29 heavy (non-hydrogen) atoms. The van der Waals surface area contributed by atoms with Gasteiger partial charge in [-0.2, -0.15) is 0 Å². The Morgan fingerprint density at radius 3 is 2.69 bits per heavy atom. The normalized spacial score (nSPS) is 14.3. The molecule has 1 aliphatic heterocycles. The zero-order chi connectivity index (χ0) is 20.4. The SMILES string of the molecule is COc1cccc(CN2CCN(C(=O)c3cc4ccccc4oc3=O)CC2=O)c1. The van der Waals surface area contributed by atoms with Gasteiger partial charge in [-0.1, -0.05) is 30.3 Å². The minimum atomic E-state index is -0.694. The third-order valence-electron chi connectivity index (χ3n) is 4.99. The Hall–Kier alpha value is -3.61. The highest BCUT2D eigenvalue weighted by Gasteiger charge is 2.29. The second-order valence-electron chi connectivity index (χ2n) is 6.88. The van der Waals surface area contributed by atoms with Crippen LogP contribution in [0.15, 0.2) is 63.8 Å². The molecule has 2 aromatic carbocycles. The molecular weight excluding hydrogens is 372 g/mol. The maximum atomic E-state index is 12.8. The molecule has 1 saturated heterocycles. The molecule has 0 N–H and O–H groups in total. The van der Waals surface area contributed by atoms with Crippen LogP contribution in [0.3, 0.4) is 0 Å². The number of para-hydroxylation sites is 1. The third-order valence-corrected chi connectivity index (χ3v) is 4.99. The Kier molecular flexibility index (Phi) is 5.03. The fourth-order valence-electron chi connectivity index (χ4n) is 3.42. The molecule has 0 bridgehead atoms. The molecule has 3 aromatic rings. The van der Waals surface area contributed by atoms with E-state index < -0.39 is 11.5 Å². The van der Waals surface area contributed by atoms with Crippen molar-refractivity contribution in [3.63, 3.8) is 0 Å². The highest BCUT2D eigenvalue weighted by Crippen LogP contribution is 2.18. The van der Waals surface area contributed by atoms with Crippen LogP contribution in [-0.4, -0.2) is 48.4 Å². The number of nitrogens with zero attached hydrogens (tertiary/aromatic N) is 2. The van der Waals surface area contributed by atoms with E-state index in [1.54, 1.807) is 36.3 Å². The average molecular weight is 392 g/mol. The first-order valence-electron chi connectivity index (χ1n) is 9.28. The maximum Gasteiger partial charge on any atom is 0.349 e. The number of fused-ring (bicyclic) bond motifs is 1. The first-order chi connectivity index (χ1) is 14.0.